The molecule has 0 saturated carbocycles. The molecule has 1 aliphatic heterocycles. The van der Waals surface area contributed by atoms with Gasteiger partial charge >= 0.3 is 6.36 Å². The van der Waals surface area contributed by atoms with E-state index in [2.05, 4.69) is 28.9 Å². The number of nitrogens with one attached hydrogen (secondary N) is 1. The van der Waals surface area contributed by atoms with E-state index in [1.807, 2.05) is 0 Å². The Kier molecular flexibility index (Phi) is 4.70. The molecule has 0 radical (unpaired) electrons. The van der Waals surface area contributed by atoms with Crippen molar-refractivity contribution in [1.29, 1.82) is 0 Å². The van der Waals surface area contributed by atoms with Crippen LogP contribution < -0.4 is 10.1 Å². The Morgan fingerprint density at radius 2 is 2.05 bits per heavy atom. The van der Waals surface area contributed by atoms with Crippen molar-refractivity contribution in [3.8, 4) is 5.75 Å². The van der Waals surface area contributed by atoms with Crippen molar-refractivity contribution in [2.24, 2.45) is 4.99 Å². The molecule has 0 amide bonds. The fourth-order valence-corrected chi connectivity index (χ4v) is 3.38. The Morgan fingerprint density at radius 1 is 1.33 bits per heavy atom. The molecule has 116 valence electrons. The Balaban J connectivity index is 2.09. The van der Waals surface area contributed by atoms with Crippen LogP contribution in [0.5, 0.6) is 5.75 Å². The maximum absolute atomic E-state index is 12.2. The first-order chi connectivity index (χ1) is 9.86. The van der Waals surface area contributed by atoms with Gasteiger partial charge in [0, 0.05) is 17.5 Å². The molecule has 0 unspecified atom stereocenters. The third-order valence-corrected chi connectivity index (χ3v) is 4.60. The lowest BCUT2D eigenvalue weighted by Crippen LogP contribution is -2.24. The fraction of sp³-hybridized carbons (Fsp3) is 0.500. The molecule has 1 aromatic carbocycles. The number of anilines is 1. The second-order valence-electron chi connectivity index (χ2n) is 4.84. The zero-order valence-electron chi connectivity index (χ0n) is 11.8. The molecule has 0 spiro atoms. The van der Waals surface area contributed by atoms with E-state index in [1.165, 1.54) is 18.2 Å². The molecule has 1 heterocycles. The van der Waals surface area contributed by atoms with Crippen molar-refractivity contribution >= 4 is 22.6 Å². The lowest BCUT2D eigenvalue weighted by molar-refractivity contribution is -0.274. The zero-order valence-corrected chi connectivity index (χ0v) is 12.6. The molecule has 0 aromatic heterocycles. The molecule has 0 atom stereocenters. The molecule has 0 fully saturated rings. The van der Waals surface area contributed by atoms with Gasteiger partial charge in [-0.2, -0.15) is 0 Å². The highest BCUT2D eigenvalue weighted by Gasteiger charge is 2.33. The smallest absolute Gasteiger partial charge is 0.406 e. The summed E-state index contributed by atoms with van der Waals surface area (Å²) in [6.45, 7) is 4.18. The van der Waals surface area contributed by atoms with Gasteiger partial charge in [-0.05, 0) is 25.0 Å². The summed E-state index contributed by atoms with van der Waals surface area (Å²) in [4.78, 5) is 4.66. The first kappa shape index (κ1) is 16.0. The molecule has 0 bridgehead atoms. The Bertz CT molecular complexity index is 527. The van der Waals surface area contributed by atoms with Crippen LogP contribution in [0.15, 0.2) is 29.3 Å². The van der Waals surface area contributed by atoms with Gasteiger partial charge in [0.2, 0.25) is 0 Å². The van der Waals surface area contributed by atoms with Crippen molar-refractivity contribution < 1.29 is 17.9 Å². The minimum Gasteiger partial charge on any atom is -0.406 e. The fourth-order valence-electron chi connectivity index (χ4n) is 2.05. The topological polar surface area (TPSA) is 33.6 Å². The van der Waals surface area contributed by atoms with Crippen LogP contribution in [0.4, 0.5) is 18.9 Å². The van der Waals surface area contributed by atoms with Crippen molar-refractivity contribution in [3.05, 3.63) is 24.3 Å². The molecule has 3 nitrogen and oxygen atoms in total. The molecule has 1 aliphatic rings. The van der Waals surface area contributed by atoms with Gasteiger partial charge in [-0.3, -0.25) is 4.99 Å². The van der Waals surface area contributed by atoms with Crippen LogP contribution in [0.2, 0.25) is 0 Å². The minimum absolute atomic E-state index is 0.0624. The number of aliphatic imine (C=N–C) groups is 1. The number of hydrogen-bond acceptors (Lipinski definition) is 4. The first-order valence-electron chi connectivity index (χ1n) is 6.71. The number of nitrogens with zero attached hydrogens (tertiary/aromatic N) is 1. The van der Waals surface area contributed by atoms with Gasteiger partial charge < -0.3 is 10.1 Å². The summed E-state index contributed by atoms with van der Waals surface area (Å²) in [6, 6.07) is 5.78. The van der Waals surface area contributed by atoms with Crippen molar-refractivity contribution in [3.63, 3.8) is 0 Å². The van der Waals surface area contributed by atoms with Crippen LogP contribution in [-0.2, 0) is 0 Å². The van der Waals surface area contributed by atoms with Gasteiger partial charge in [-0.15, -0.1) is 13.2 Å². The minimum atomic E-state index is -4.68. The number of amidine groups is 1. The van der Waals surface area contributed by atoms with Gasteiger partial charge in [-0.1, -0.05) is 31.7 Å². The number of alkyl halides is 3. The summed E-state index contributed by atoms with van der Waals surface area (Å²) >= 11 is 1.59. The van der Waals surface area contributed by atoms with Gasteiger partial charge in [0.25, 0.3) is 0 Å². The summed E-state index contributed by atoms with van der Waals surface area (Å²) in [6.07, 6.45) is -2.80. The Hall–Kier alpha value is -1.37. The standard InChI is InChI=1S/C14H17F3N2OS/c1-3-13(4-2)9-21-12(19-13)18-10-6-5-7-11(8-10)20-14(15,16)17/h5-8H,3-4,9H2,1-2H3,(H,18,19). The normalized spacial score (nSPS) is 17.5. The molecule has 0 saturated heterocycles. The summed E-state index contributed by atoms with van der Waals surface area (Å²) in [5.74, 6) is 0.648. The van der Waals surface area contributed by atoms with E-state index in [-0.39, 0.29) is 11.3 Å². The average Bonchev–Trinajstić information content (AvgIpc) is 2.81. The summed E-state index contributed by atoms with van der Waals surface area (Å²) in [7, 11) is 0. The monoisotopic (exact) mass is 318 g/mol. The van der Waals surface area contributed by atoms with Gasteiger partial charge in [0.15, 0.2) is 5.17 Å². The van der Waals surface area contributed by atoms with Crippen LogP contribution in [-0.4, -0.2) is 22.8 Å². The van der Waals surface area contributed by atoms with Crippen molar-refractivity contribution in [2.75, 3.05) is 11.1 Å². The third kappa shape index (κ3) is 4.30. The molecular formula is C14H17F3N2OS. The largest absolute Gasteiger partial charge is 0.573 e. The lowest BCUT2D eigenvalue weighted by atomic mass is 9.97. The van der Waals surface area contributed by atoms with Crippen LogP contribution in [0, 0.1) is 0 Å². The summed E-state index contributed by atoms with van der Waals surface area (Å²) in [5.41, 5.74) is 0.471. The first-order valence-corrected chi connectivity index (χ1v) is 7.70. The summed E-state index contributed by atoms with van der Waals surface area (Å²) in [5, 5.41) is 3.79. The maximum atomic E-state index is 12.2. The van der Waals surface area contributed by atoms with Gasteiger partial charge in [0.1, 0.15) is 5.75 Å². The zero-order chi connectivity index (χ0) is 15.5. The van der Waals surface area contributed by atoms with E-state index in [0.717, 1.165) is 23.8 Å². The number of rotatable bonds is 4. The van der Waals surface area contributed by atoms with E-state index in [4.69, 9.17) is 0 Å². The molecule has 0 aliphatic carbocycles. The van der Waals surface area contributed by atoms with E-state index in [9.17, 15) is 13.2 Å². The predicted octanol–water partition coefficient (Wildman–Crippen LogP) is 4.66. The van der Waals surface area contributed by atoms with E-state index in [1.54, 1.807) is 17.8 Å². The van der Waals surface area contributed by atoms with E-state index in [0.29, 0.717) is 5.69 Å². The highest BCUT2D eigenvalue weighted by Crippen LogP contribution is 2.34. The highest BCUT2D eigenvalue weighted by atomic mass is 32.2. The maximum Gasteiger partial charge on any atom is 0.573 e. The number of hydrogen-bond donors (Lipinski definition) is 1. The van der Waals surface area contributed by atoms with Crippen LogP contribution >= 0.6 is 11.8 Å². The van der Waals surface area contributed by atoms with Crippen molar-refractivity contribution in [2.45, 2.75) is 38.6 Å². The molecule has 1 N–H and O–H groups in total. The second-order valence-corrected chi connectivity index (χ2v) is 5.80. The molecule has 7 heteroatoms. The number of ether oxygens (including phenoxy) is 1. The molecular weight excluding hydrogens is 301 g/mol. The van der Waals surface area contributed by atoms with Gasteiger partial charge in [0.05, 0.1) is 5.54 Å². The summed E-state index contributed by atoms with van der Waals surface area (Å²) < 4.78 is 40.5. The number of halogens is 3. The third-order valence-electron chi connectivity index (χ3n) is 3.45. The number of thioether (sulfide) groups is 1. The second kappa shape index (κ2) is 6.17. The van der Waals surface area contributed by atoms with E-state index >= 15 is 0 Å². The average molecular weight is 318 g/mol. The van der Waals surface area contributed by atoms with Crippen LogP contribution in [0.1, 0.15) is 26.7 Å². The van der Waals surface area contributed by atoms with E-state index < -0.39 is 6.36 Å². The quantitative estimate of drug-likeness (QED) is 0.876. The van der Waals surface area contributed by atoms with Crippen LogP contribution in [0.3, 0.4) is 0 Å². The lowest BCUT2D eigenvalue weighted by Gasteiger charge is -2.20. The predicted molar refractivity (Wildman–Crippen MR) is 80.0 cm³/mol. The Labute approximate surface area is 126 Å². The number of benzene rings is 1. The molecule has 2 rings (SSSR count). The highest BCUT2D eigenvalue weighted by molar-refractivity contribution is 8.14. The van der Waals surface area contributed by atoms with Crippen LogP contribution in [0.25, 0.3) is 0 Å². The molecule has 1 aromatic rings. The molecule has 21 heavy (non-hydrogen) atoms. The van der Waals surface area contributed by atoms with Crippen molar-refractivity contribution in [1.82, 2.24) is 0 Å². The SMILES string of the molecule is CCC1(CC)CSC(Nc2cccc(OC(F)(F)F)c2)=N1. The van der Waals surface area contributed by atoms with Gasteiger partial charge in [-0.25, -0.2) is 0 Å². The Morgan fingerprint density at radius 3 is 2.62 bits per heavy atom.